The van der Waals surface area contributed by atoms with E-state index >= 15 is 0 Å². The van der Waals surface area contributed by atoms with Crippen molar-refractivity contribution in [2.45, 2.75) is 6.42 Å². The van der Waals surface area contributed by atoms with E-state index in [4.69, 9.17) is 4.42 Å². The summed E-state index contributed by atoms with van der Waals surface area (Å²) in [6, 6.07) is 11.2. The first-order valence-electron chi connectivity index (χ1n) is 6.77. The number of benzene rings is 2. The van der Waals surface area contributed by atoms with Gasteiger partial charge in [0.05, 0.1) is 11.8 Å². The van der Waals surface area contributed by atoms with Crippen molar-refractivity contribution >= 4 is 5.78 Å². The van der Waals surface area contributed by atoms with E-state index in [0.717, 1.165) is 5.56 Å². The smallest absolute Gasteiger partial charge is 0.226 e. The lowest BCUT2D eigenvalue weighted by Crippen LogP contribution is -2.06. The van der Waals surface area contributed by atoms with Crippen molar-refractivity contribution in [2.24, 2.45) is 0 Å². The van der Waals surface area contributed by atoms with E-state index in [0.29, 0.717) is 22.6 Å². The maximum absolute atomic E-state index is 12.9. The third-order valence-corrected chi connectivity index (χ3v) is 3.38. The minimum atomic E-state index is -0.323. The van der Waals surface area contributed by atoms with Gasteiger partial charge in [-0.15, -0.1) is 0 Å². The maximum Gasteiger partial charge on any atom is 0.226 e. The molecule has 1 aromatic heterocycles. The van der Waals surface area contributed by atoms with Crippen molar-refractivity contribution in [3.8, 4) is 11.5 Å². The van der Waals surface area contributed by atoms with Crippen molar-refractivity contribution in [1.82, 2.24) is 4.98 Å². The Balaban J connectivity index is 1.96. The average Bonchev–Trinajstić information content (AvgIpc) is 3.03. The molecule has 0 spiro atoms. The van der Waals surface area contributed by atoms with Gasteiger partial charge in [0.1, 0.15) is 12.1 Å². The van der Waals surface area contributed by atoms with Gasteiger partial charge in [0, 0.05) is 12.0 Å². The summed E-state index contributed by atoms with van der Waals surface area (Å²) in [5.41, 5.74) is 2.52. The van der Waals surface area contributed by atoms with Crippen LogP contribution in [0.5, 0.6) is 0 Å². The number of hydrogen-bond acceptors (Lipinski definition) is 3. The molecule has 1 heterocycles. The van der Waals surface area contributed by atoms with Crippen molar-refractivity contribution in [3.63, 3.8) is 0 Å². The number of ketones is 1. The highest BCUT2D eigenvalue weighted by atomic mass is 19.1. The molecule has 3 nitrogen and oxygen atoms in total. The third-order valence-electron chi connectivity index (χ3n) is 3.38. The van der Waals surface area contributed by atoms with E-state index in [-0.39, 0.29) is 18.0 Å². The Hall–Kier alpha value is -2.75. The second-order valence-corrected chi connectivity index (χ2v) is 4.90. The van der Waals surface area contributed by atoms with Crippen LogP contribution in [-0.2, 0) is 6.42 Å². The highest BCUT2D eigenvalue weighted by Crippen LogP contribution is 2.27. The molecule has 0 bridgehead atoms. The Morgan fingerprint density at radius 2 is 1.95 bits per heavy atom. The Labute approximate surface area is 127 Å². The normalized spacial score (nSPS) is 10.6. The molecule has 2 aromatic carbocycles. The van der Waals surface area contributed by atoms with Gasteiger partial charge in [0.15, 0.2) is 5.78 Å². The highest BCUT2D eigenvalue weighted by Gasteiger charge is 2.18. The molecule has 0 saturated carbocycles. The predicted octanol–water partition coefficient (Wildman–Crippen LogP) is 4.09. The fraction of sp³-hybridized carbons (Fsp3) is 0.0556. The Kier molecular flexibility index (Phi) is 3.83. The number of aromatic nitrogens is 1. The number of hydrogen-bond donors (Lipinski definition) is 0. The van der Waals surface area contributed by atoms with Gasteiger partial charge in [0.2, 0.25) is 5.89 Å². The van der Waals surface area contributed by atoms with E-state index in [1.165, 1.54) is 24.6 Å². The molecule has 109 valence electrons. The summed E-state index contributed by atoms with van der Waals surface area (Å²) in [4.78, 5) is 16.7. The van der Waals surface area contributed by atoms with Crippen LogP contribution in [0, 0.1) is 12.7 Å². The van der Waals surface area contributed by atoms with Gasteiger partial charge in [-0.05, 0) is 30.2 Å². The molecule has 0 aliphatic carbocycles. The lowest BCUT2D eigenvalue weighted by Gasteiger charge is -2.09. The Morgan fingerprint density at radius 3 is 2.64 bits per heavy atom. The maximum atomic E-state index is 12.9. The molecule has 0 aliphatic rings. The van der Waals surface area contributed by atoms with E-state index in [1.54, 1.807) is 30.3 Å². The zero-order valence-corrected chi connectivity index (χ0v) is 11.8. The standard InChI is InChI=1S/C18H13FNO2/c1-12-3-2-4-15(17(12)18-20-9-10-22-18)16(21)11-13-5-7-14(19)8-6-13/h2-10H,1,11H2. The Morgan fingerprint density at radius 1 is 1.18 bits per heavy atom. The molecule has 0 amide bonds. The van der Waals surface area contributed by atoms with Crippen LogP contribution in [0.15, 0.2) is 59.3 Å². The second-order valence-electron chi connectivity index (χ2n) is 4.90. The second kappa shape index (κ2) is 5.93. The minimum absolute atomic E-state index is 0.0923. The Bertz CT molecular complexity index is 792. The number of halogens is 1. The van der Waals surface area contributed by atoms with Gasteiger partial charge in [-0.25, -0.2) is 9.37 Å². The number of carbonyl (C=O) groups is 1. The first kappa shape index (κ1) is 14.2. The third kappa shape index (κ3) is 2.81. The van der Waals surface area contributed by atoms with Crippen molar-refractivity contribution in [2.75, 3.05) is 0 Å². The zero-order valence-electron chi connectivity index (χ0n) is 11.8. The van der Waals surface area contributed by atoms with Crippen LogP contribution in [0.2, 0.25) is 0 Å². The molecule has 0 unspecified atom stereocenters. The average molecular weight is 294 g/mol. The first-order valence-corrected chi connectivity index (χ1v) is 6.77. The fourth-order valence-corrected chi connectivity index (χ4v) is 2.31. The molecule has 0 atom stereocenters. The summed E-state index contributed by atoms with van der Waals surface area (Å²) in [6.07, 6.45) is 3.16. The van der Waals surface area contributed by atoms with Crippen LogP contribution in [0.3, 0.4) is 0 Å². The van der Waals surface area contributed by atoms with E-state index in [1.807, 2.05) is 0 Å². The van der Waals surface area contributed by atoms with Gasteiger partial charge in [-0.3, -0.25) is 4.79 Å². The van der Waals surface area contributed by atoms with Crippen LogP contribution in [0.25, 0.3) is 11.5 Å². The summed E-state index contributed by atoms with van der Waals surface area (Å²) >= 11 is 0. The van der Waals surface area contributed by atoms with Crippen LogP contribution in [-0.4, -0.2) is 10.8 Å². The van der Waals surface area contributed by atoms with Gasteiger partial charge < -0.3 is 4.42 Å². The van der Waals surface area contributed by atoms with Gasteiger partial charge >= 0.3 is 0 Å². The number of rotatable bonds is 4. The topological polar surface area (TPSA) is 43.1 Å². The molecule has 0 saturated heterocycles. The van der Waals surface area contributed by atoms with Crippen molar-refractivity contribution < 1.29 is 13.6 Å². The fourth-order valence-electron chi connectivity index (χ4n) is 2.31. The van der Waals surface area contributed by atoms with Gasteiger partial charge in [0.25, 0.3) is 0 Å². The van der Waals surface area contributed by atoms with Crippen LogP contribution < -0.4 is 0 Å². The molecule has 22 heavy (non-hydrogen) atoms. The summed E-state index contributed by atoms with van der Waals surface area (Å²) in [6.45, 7) is 3.94. The van der Waals surface area contributed by atoms with Crippen molar-refractivity contribution in [3.05, 3.63) is 84.4 Å². The molecule has 3 aromatic rings. The summed E-state index contributed by atoms with van der Waals surface area (Å²) in [5.74, 6) is -0.0465. The quantitative estimate of drug-likeness (QED) is 0.681. The molecular weight excluding hydrogens is 281 g/mol. The molecular formula is C18H13FNO2. The van der Waals surface area contributed by atoms with Crippen LogP contribution in [0.1, 0.15) is 21.5 Å². The highest BCUT2D eigenvalue weighted by molar-refractivity contribution is 6.03. The largest absolute Gasteiger partial charge is 0.444 e. The number of carbonyl (C=O) groups excluding carboxylic acids is 1. The lowest BCUT2D eigenvalue weighted by molar-refractivity contribution is 0.0993. The molecule has 0 fully saturated rings. The minimum Gasteiger partial charge on any atom is -0.444 e. The lowest BCUT2D eigenvalue weighted by atomic mass is 9.95. The summed E-state index contributed by atoms with van der Waals surface area (Å²) < 4.78 is 18.2. The van der Waals surface area contributed by atoms with Gasteiger partial charge in [-0.1, -0.05) is 30.3 Å². The van der Waals surface area contributed by atoms with E-state index in [9.17, 15) is 9.18 Å². The molecule has 3 rings (SSSR count). The SMILES string of the molecule is [CH2]c1cccc(C(=O)Cc2ccc(F)cc2)c1-c1ncco1. The monoisotopic (exact) mass is 294 g/mol. The van der Waals surface area contributed by atoms with Crippen molar-refractivity contribution in [1.29, 1.82) is 0 Å². The van der Waals surface area contributed by atoms with E-state index in [2.05, 4.69) is 11.9 Å². The predicted molar refractivity (Wildman–Crippen MR) is 80.8 cm³/mol. The molecule has 4 heteroatoms. The van der Waals surface area contributed by atoms with E-state index < -0.39 is 0 Å². The number of Topliss-reactive ketones (excluding diaryl/α,β-unsaturated/α-hetero) is 1. The van der Waals surface area contributed by atoms with Gasteiger partial charge in [-0.2, -0.15) is 0 Å². The number of nitrogens with zero attached hydrogens (tertiary/aromatic N) is 1. The summed E-state index contributed by atoms with van der Waals surface area (Å²) in [5, 5.41) is 0. The molecule has 1 radical (unpaired) electrons. The molecule has 0 aliphatic heterocycles. The zero-order chi connectivity index (χ0) is 15.5. The number of oxazole rings is 1. The summed E-state index contributed by atoms with van der Waals surface area (Å²) in [7, 11) is 0. The van der Waals surface area contributed by atoms with Crippen LogP contribution >= 0.6 is 0 Å². The van der Waals surface area contributed by atoms with Crippen LogP contribution in [0.4, 0.5) is 4.39 Å². The molecule has 0 N–H and O–H groups in total. The first-order chi connectivity index (χ1) is 10.6.